The first-order valence-corrected chi connectivity index (χ1v) is 7.94. The number of hydrogen-bond acceptors (Lipinski definition) is 0. The Kier molecular flexibility index (Phi) is 5.65. The smallest absolute Gasteiger partial charge is 0.206 e. The first-order valence-electron chi connectivity index (χ1n) is 7.94. The Morgan fingerprint density at radius 3 is 2.36 bits per heavy atom. The molecule has 1 aromatic rings. The lowest BCUT2D eigenvalue weighted by atomic mass is 9.77. The van der Waals surface area contributed by atoms with E-state index in [1.165, 1.54) is 25.0 Å². The van der Waals surface area contributed by atoms with Crippen LogP contribution in [0.15, 0.2) is 24.3 Å². The predicted octanol–water partition coefficient (Wildman–Crippen LogP) is 6.48. The second-order valence-electron chi connectivity index (χ2n) is 6.16. The Morgan fingerprint density at radius 1 is 1.14 bits per heavy atom. The fraction of sp³-hybridized carbons (Fsp3) is 0.556. The second kappa shape index (κ2) is 7.30. The summed E-state index contributed by atoms with van der Waals surface area (Å²) >= 11 is 0. The van der Waals surface area contributed by atoms with Gasteiger partial charge in [-0.2, -0.15) is 13.2 Å². The van der Waals surface area contributed by atoms with E-state index in [1.807, 2.05) is 0 Å². The maximum Gasteiger partial charge on any atom is 0.409 e. The lowest BCUT2D eigenvalue weighted by molar-refractivity contribution is -0.0790. The van der Waals surface area contributed by atoms with Gasteiger partial charge in [0, 0.05) is 11.6 Å². The van der Waals surface area contributed by atoms with Crippen molar-refractivity contribution in [1.29, 1.82) is 0 Å². The van der Waals surface area contributed by atoms with E-state index in [1.54, 1.807) is 6.07 Å². The van der Waals surface area contributed by atoms with E-state index in [2.05, 4.69) is 6.92 Å². The SMILES string of the molecule is CCCC1CCC(c2ccc(C=CC(F)(F)F)c(F)c2)CC1. The molecule has 1 saturated carbocycles. The number of alkyl halides is 3. The molecule has 1 aliphatic carbocycles. The van der Waals surface area contributed by atoms with Crippen LogP contribution in [0, 0.1) is 11.7 Å². The second-order valence-corrected chi connectivity index (χ2v) is 6.16. The number of allylic oxidation sites excluding steroid dienone is 1. The summed E-state index contributed by atoms with van der Waals surface area (Å²) in [5, 5.41) is 0. The highest BCUT2D eigenvalue weighted by atomic mass is 19.4. The van der Waals surface area contributed by atoms with Crippen molar-refractivity contribution < 1.29 is 17.6 Å². The average Bonchev–Trinajstić information content (AvgIpc) is 2.46. The van der Waals surface area contributed by atoms with Crippen LogP contribution in [0.1, 0.15) is 62.5 Å². The van der Waals surface area contributed by atoms with Crippen molar-refractivity contribution >= 4 is 6.08 Å². The maximum absolute atomic E-state index is 14.0. The maximum atomic E-state index is 14.0. The molecule has 1 aromatic carbocycles. The third kappa shape index (κ3) is 4.85. The van der Waals surface area contributed by atoms with Gasteiger partial charge in [0.2, 0.25) is 0 Å². The zero-order valence-corrected chi connectivity index (χ0v) is 12.8. The Labute approximate surface area is 129 Å². The molecule has 2 rings (SSSR count). The summed E-state index contributed by atoms with van der Waals surface area (Å²) in [6.07, 6.45) is 3.31. The molecule has 0 unspecified atom stereocenters. The molecule has 4 heteroatoms. The standard InChI is InChI=1S/C18H22F4/c1-2-3-13-4-6-14(7-5-13)16-9-8-15(17(19)12-16)10-11-18(20,21)22/h8-14H,2-7H2,1H3. The van der Waals surface area contributed by atoms with Crippen LogP contribution in [0.5, 0.6) is 0 Å². The molecule has 0 heterocycles. The topological polar surface area (TPSA) is 0 Å². The molecule has 0 amide bonds. The van der Waals surface area contributed by atoms with Crippen molar-refractivity contribution in [2.24, 2.45) is 5.92 Å². The molecule has 122 valence electrons. The summed E-state index contributed by atoms with van der Waals surface area (Å²) in [6, 6.07) is 4.62. The lowest BCUT2D eigenvalue weighted by Crippen LogP contribution is -2.13. The van der Waals surface area contributed by atoms with Crippen molar-refractivity contribution in [2.75, 3.05) is 0 Å². The molecule has 1 aliphatic rings. The zero-order valence-electron chi connectivity index (χ0n) is 12.8. The van der Waals surface area contributed by atoms with Gasteiger partial charge in [-0.15, -0.1) is 0 Å². The monoisotopic (exact) mass is 314 g/mol. The molecule has 0 nitrogen and oxygen atoms in total. The van der Waals surface area contributed by atoms with Gasteiger partial charge in [0.15, 0.2) is 0 Å². The number of hydrogen-bond donors (Lipinski definition) is 0. The molecule has 1 fully saturated rings. The Balaban J connectivity index is 2.02. The molecule has 0 radical (unpaired) electrons. The minimum absolute atomic E-state index is 0.0132. The lowest BCUT2D eigenvalue weighted by Gasteiger charge is -2.28. The van der Waals surface area contributed by atoms with E-state index in [-0.39, 0.29) is 11.6 Å². The van der Waals surface area contributed by atoms with Crippen molar-refractivity contribution in [1.82, 2.24) is 0 Å². The largest absolute Gasteiger partial charge is 0.409 e. The summed E-state index contributed by atoms with van der Waals surface area (Å²) in [6.45, 7) is 2.19. The van der Waals surface area contributed by atoms with Gasteiger partial charge in [0.1, 0.15) is 5.82 Å². The van der Waals surface area contributed by atoms with Crippen LogP contribution < -0.4 is 0 Å². The predicted molar refractivity (Wildman–Crippen MR) is 81.1 cm³/mol. The number of halogens is 4. The fourth-order valence-electron chi connectivity index (χ4n) is 3.31. The quantitative estimate of drug-likeness (QED) is 0.558. The molecule has 22 heavy (non-hydrogen) atoms. The van der Waals surface area contributed by atoms with Gasteiger partial charge in [-0.25, -0.2) is 4.39 Å². The van der Waals surface area contributed by atoms with Crippen molar-refractivity contribution in [3.63, 3.8) is 0 Å². The van der Waals surface area contributed by atoms with Gasteiger partial charge in [-0.3, -0.25) is 0 Å². The molecule has 0 spiro atoms. The highest BCUT2D eigenvalue weighted by Crippen LogP contribution is 2.38. The minimum Gasteiger partial charge on any atom is -0.206 e. The molecule has 0 bridgehead atoms. The van der Waals surface area contributed by atoms with E-state index in [4.69, 9.17) is 0 Å². The molecular formula is C18H22F4. The number of benzene rings is 1. The van der Waals surface area contributed by atoms with Gasteiger partial charge in [0.05, 0.1) is 0 Å². The van der Waals surface area contributed by atoms with Gasteiger partial charge in [-0.1, -0.05) is 31.9 Å². The van der Waals surface area contributed by atoms with Crippen LogP contribution in [-0.4, -0.2) is 6.18 Å². The third-order valence-corrected chi connectivity index (χ3v) is 4.49. The van der Waals surface area contributed by atoms with Crippen LogP contribution in [0.4, 0.5) is 17.6 Å². The highest BCUT2D eigenvalue weighted by Gasteiger charge is 2.23. The Hall–Kier alpha value is -1.32. The van der Waals surface area contributed by atoms with Crippen LogP contribution in [0.3, 0.4) is 0 Å². The van der Waals surface area contributed by atoms with Gasteiger partial charge in [0.25, 0.3) is 0 Å². The molecule has 0 aliphatic heterocycles. The number of rotatable bonds is 4. The minimum atomic E-state index is -4.41. The van der Waals surface area contributed by atoms with Gasteiger partial charge in [-0.05, 0) is 55.2 Å². The van der Waals surface area contributed by atoms with Crippen LogP contribution in [-0.2, 0) is 0 Å². The van der Waals surface area contributed by atoms with Gasteiger partial charge >= 0.3 is 6.18 Å². The molecule has 0 atom stereocenters. The summed E-state index contributed by atoms with van der Waals surface area (Å²) in [5.74, 6) is 0.539. The fourth-order valence-corrected chi connectivity index (χ4v) is 3.31. The van der Waals surface area contributed by atoms with E-state index in [0.717, 1.165) is 43.2 Å². The summed E-state index contributed by atoms with van der Waals surface area (Å²) in [7, 11) is 0. The highest BCUT2D eigenvalue weighted by molar-refractivity contribution is 5.51. The van der Waals surface area contributed by atoms with E-state index in [0.29, 0.717) is 5.92 Å². The van der Waals surface area contributed by atoms with Gasteiger partial charge < -0.3 is 0 Å². The van der Waals surface area contributed by atoms with Crippen LogP contribution in [0.25, 0.3) is 6.08 Å². The zero-order chi connectivity index (χ0) is 16.2. The van der Waals surface area contributed by atoms with Crippen molar-refractivity contribution in [3.8, 4) is 0 Å². The average molecular weight is 314 g/mol. The first-order chi connectivity index (χ1) is 10.4. The normalized spacial score (nSPS) is 23.1. The first kappa shape index (κ1) is 17.0. The molecule has 0 N–H and O–H groups in total. The van der Waals surface area contributed by atoms with E-state index < -0.39 is 12.0 Å². The van der Waals surface area contributed by atoms with Crippen molar-refractivity contribution in [2.45, 2.75) is 57.5 Å². The Bertz CT molecular complexity index is 508. The summed E-state index contributed by atoms with van der Waals surface area (Å²) < 4.78 is 50.4. The summed E-state index contributed by atoms with van der Waals surface area (Å²) in [5.41, 5.74) is 0.900. The van der Waals surface area contributed by atoms with Crippen LogP contribution >= 0.6 is 0 Å². The van der Waals surface area contributed by atoms with Crippen LogP contribution in [0.2, 0.25) is 0 Å². The molecular weight excluding hydrogens is 292 g/mol. The third-order valence-electron chi connectivity index (χ3n) is 4.49. The molecule has 0 aromatic heterocycles. The Morgan fingerprint density at radius 2 is 1.82 bits per heavy atom. The summed E-state index contributed by atoms with van der Waals surface area (Å²) in [4.78, 5) is 0. The van der Waals surface area contributed by atoms with Crippen molar-refractivity contribution in [3.05, 3.63) is 41.2 Å². The van der Waals surface area contributed by atoms with E-state index >= 15 is 0 Å². The van der Waals surface area contributed by atoms with E-state index in [9.17, 15) is 17.6 Å². The molecule has 0 saturated heterocycles.